The minimum absolute atomic E-state index is 0.139. The van der Waals surface area contributed by atoms with Crippen LogP contribution in [0.2, 0.25) is 0 Å². The van der Waals surface area contributed by atoms with E-state index >= 15 is 0 Å². The lowest BCUT2D eigenvalue weighted by Crippen LogP contribution is -2.33. The third kappa shape index (κ3) is 5.68. The predicted molar refractivity (Wildman–Crippen MR) is 64.0 cm³/mol. The second-order valence-electron chi connectivity index (χ2n) is 3.69. The molecule has 0 N–H and O–H groups in total. The molecule has 0 rings (SSSR count). The van der Waals surface area contributed by atoms with Crippen LogP contribution >= 0.6 is 0 Å². The van der Waals surface area contributed by atoms with Gasteiger partial charge in [0, 0.05) is 6.42 Å². The van der Waals surface area contributed by atoms with Crippen LogP contribution in [0.4, 0.5) is 0 Å². The van der Waals surface area contributed by atoms with Crippen molar-refractivity contribution in [2.45, 2.75) is 44.8 Å². The van der Waals surface area contributed by atoms with Crippen LogP contribution < -0.4 is 0 Å². The van der Waals surface area contributed by atoms with Crippen LogP contribution in [0.1, 0.15) is 39.5 Å². The highest BCUT2D eigenvalue weighted by atomic mass is 32.2. The first kappa shape index (κ1) is 15.9. The highest BCUT2D eigenvalue weighted by Crippen LogP contribution is 2.11. The summed E-state index contributed by atoms with van der Waals surface area (Å²) in [4.78, 5) is 11.5. The Balaban J connectivity index is 4.52. The first-order chi connectivity index (χ1) is 7.99. The van der Waals surface area contributed by atoms with Gasteiger partial charge >= 0.3 is 5.97 Å². The van der Waals surface area contributed by atoms with Gasteiger partial charge in [-0.1, -0.05) is 13.8 Å². The molecule has 17 heavy (non-hydrogen) atoms. The molecule has 0 aliphatic heterocycles. The summed E-state index contributed by atoms with van der Waals surface area (Å²) in [5.41, 5.74) is 0. The molecule has 0 aromatic heterocycles. The van der Waals surface area contributed by atoms with Crippen LogP contribution in [0.3, 0.4) is 0 Å². The van der Waals surface area contributed by atoms with Gasteiger partial charge in [-0.15, -0.1) is 0 Å². The monoisotopic (exact) mass is 261 g/mol. The van der Waals surface area contributed by atoms with Gasteiger partial charge in [-0.3, -0.25) is 4.79 Å². The summed E-state index contributed by atoms with van der Waals surface area (Å²) in [5, 5.41) is 7.26. The Morgan fingerprint density at radius 3 is 2.53 bits per heavy atom. The number of nitrogens with zero attached hydrogens (tertiary/aromatic N) is 1. The van der Waals surface area contributed by atoms with Gasteiger partial charge in [-0.25, -0.2) is 8.42 Å². The highest BCUT2D eigenvalue weighted by molar-refractivity contribution is 7.92. The van der Waals surface area contributed by atoms with Gasteiger partial charge in [0.1, 0.15) is 0 Å². The quantitative estimate of drug-likeness (QED) is 0.487. The van der Waals surface area contributed by atoms with Gasteiger partial charge in [0.15, 0.2) is 15.1 Å². The van der Waals surface area contributed by atoms with Gasteiger partial charge in [0.2, 0.25) is 0 Å². The zero-order chi connectivity index (χ0) is 13.3. The van der Waals surface area contributed by atoms with Crippen molar-refractivity contribution < 1.29 is 17.9 Å². The van der Waals surface area contributed by atoms with Gasteiger partial charge in [-0.05, 0) is 19.3 Å². The third-order valence-electron chi connectivity index (χ3n) is 2.23. The number of hydrogen-bond donors (Lipinski definition) is 0. The molecular weight excluding hydrogens is 242 g/mol. The van der Waals surface area contributed by atoms with E-state index < -0.39 is 21.1 Å². The predicted octanol–water partition coefficient (Wildman–Crippen LogP) is 1.44. The van der Waals surface area contributed by atoms with Gasteiger partial charge in [-0.2, -0.15) is 5.26 Å². The third-order valence-corrected chi connectivity index (χ3v) is 4.48. The van der Waals surface area contributed by atoms with Crippen LogP contribution in [-0.2, 0) is 19.4 Å². The van der Waals surface area contributed by atoms with E-state index in [9.17, 15) is 13.2 Å². The molecule has 0 amide bonds. The number of hydrogen-bond acceptors (Lipinski definition) is 5. The maximum Gasteiger partial charge on any atom is 0.324 e. The number of esters is 1. The van der Waals surface area contributed by atoms with Crippen LogP contribution in [-0.4, -0.2) is 32.0 Å². The van der Waals surface area contributed by atoms with Crippen molar-refractivity contribution in [1.82, 2.24) is 0 Å². The number of carbonyl (C=O) groups is 1. The fourth-order valence-corrected chi connectivity index (χ4v) is 3.06. The molecule has 0 spiro atoms. The smallest absolute Gasteiger partial charge is 0.324 e. The van der Waals surface area contributed by atoms with Crippen molar-refractivity contribution in [3.8, 4) is 6.07 Å². The standard InChI is InChI=1S/C11H19NO4S/c1-3-8-16-11(13)10(4-2)17(14,15)9-6-5-7-12/h10H,3-6,8-9H2,1-2H3. The molecule has 0 fully saturated rings. The molecule has 98 valence electrons. The lowest BCUT2D eigenvalue weighted by atomic mass is 10.3. The van der Waals surface area contributed by atoms with Crippen molar-refractivity contribution in [2.24, 2.45) is 0 Å². The van der Waals surface area contributed by atoms with E-state index in [4.69, 9.17) is 10.00 Å². The van der Waals surface area contributed by atoms with E-state index in [0.29, 0.717) is 6.42 Å². The summed E-state index contributed by atoms with van der Waals surface area (Å²) >= 11 is 0. The normalized spacial score (nSPS) is 12.8. The highest BCUT2D eigenvalue weighted by Gasteiger charge is 2.31. The largest absolute Gasteiger partial charge is 0.465 e. The topological polar surface area (TPSA) is 84.2 Å². The van der Waals surface area contributed by atoms with Crippen molar-refractivity contribution in [1.29, 1.82) is 5.26 Å². The maximum atomic E-state index is 11.8. The zero-order valence-electron chi connectivity index (χ0n) is 10.3. The van der Waals surface area contributed by atoms with Crippen LogP contribution in [0.15, 0.2) is 0 Å². The second kappa shape index (κ2) is 8.07. The van der Waals surface area contributed by atoms with Gasteiger partial charge in [0.05, 0.1) is 18.4 Å². The molecule has 1 unspecified atom stereocenters. The van der Waals surface area contributed by atoms with Crippen LogP contribution in [0.25, 0.3) is 0 Å². The Labute approximate surface area is 103 Å². The number of carbonyl (C=O) groups excluding carboxylic acids is 1. The number of sulfone groups is 1. The fraction of sp³-hybridized carbons (Fsp3) is 0.818. The molecule has 6 heteroatoms. The Morgan fingerprint density at radius 2 is 2.06 bits per heavy atom. The Bertz CT molecular complexity index is 369. The number of ether oxygens (including phenoxy) is 1. The van der Waals surface area contributed by atoms with Crippen LogP contribution in [0, 0.1) is 11.3 Å². The Hall–Kier alpha value is -1.09. The van der Waals surface area contributed by atoms with Gasteiger partial charge < -0.3 is 4.74 Å². The summed E-state index contributed by atoms with van der Waals surface area (Å²) in [6.45, 7) is 3.72. The molecule has 0 aliphatic carbocycles. The van der Waals surface area contributed by atoms with E-state index in [1.54, 1.807) is 6.92 Å². The first-order valence-electron chi connectivity index (χ1n) is 5.74. The minimum atomic E-state index is -3.50. The minimum Gasteiger partial charge on any atom is -0.465 e. The van der Waals surface area contributed by atoms with Crippen molar-refractivity contribution >= 4 is 15.8 Å². The number of unbranched alkanes of at least 4 members (excludes halogenated alkanes) is 1. The summed E-state index contributed by atoms with van der Waals surface area (Å²) in [5.74, 6) is -0.813. The Morgan fingerprint density at radius 1 is 1.41 bits per heavy atom. The molecule has 0 saturated heterocycles. The molecule has 1 atom stereocenters. The zero-order valence-corrected chi connectivity index (χ0v) is 11.1. The van der Waals surface area contributed by atoms with E-state index in [-0.39, 0.29) is 31.6 Å². The van der Waals surface area contributed by atoms with E-state index in [1.165, 1.54) is 0 Å². The molecule has 0 bridgehead atoms. The van der Waals surface area contributed by atoms with E-state index in [2.05, 4.69) is 0 Å². The summed E-state index contributed by atoms with van der Waals surface area (Å²) < 4.78 is 28.5. The molecule has 5 nitrogen and oxygen atoms in total. The van der Waals surface area contributed by atoms with E-state index in [1.807, 2.05) is 13.0 Å². The first-order valence-corrected chi connectivity index (χ1v) is 7.46. The number of nitriles is 1. The second-order valence-corrected chi connectivity index (χ2v) is 6.00. The van der Waals surface area contributed by atoms with E-state index in [0.717, 1.165) is 0 Å². The molecule has 0 aromatic rings. The van der Waals surface area contributed by atoms with Crippen molar-refractivity contribution in [3.05, 3.63) is 0 Å². The van der Waals surface area contributed by atoms with Gasteiger partial charge in [0.25, 0.3) is 0 Å². The SMILES string of the molecule is CCCOC(=O)C(CC)S(=O)(=O)CCCC#N. The lowest BCUT2D eigenvalue weighted by Gasteiger charge is -2.14. The molecule has 0 saturated carbocycles. The molecule has 0 aromatic carbocycles. The molecule has 0 radical (unpaired) electrons. The maximum absolute atomic E-state index is 11.8. The van der Waals surface area contributed by atoms with Crippen LogP contribution in [0.5, 0.6) is 0 Å². The molecular formula is C11H19NO4S. The Kier molecular flexibility index (Phi) is 7.55. The number of rotatable bonds is 8. The average Bonchev–Trinajstić information content (AvgIpc) is 2.27. The summed E-state index contributed by atoms with van der Waals surface area (Å²) in [7, 11) is -3.50. The van der Waals surface area contributed by atoms with Crippen molar-refractivity contribution in [3.63, 3.8) is 0 Å². The molecule has 0 aliphatic rings. The van der Waals surface area contributed by atoms with Crippen molar-refractivity contribution in [2.75, 3.05) is 12.4 Å². The average molecular weight is 261 g/mol. The summed E-state index contributed by atoms with van der Waals surface area (Å²) in [6.07, 6.45) is 1.31. The molecule has 0 heterocycles. The summed E-state index contributed by atoms with van der Waals surface area (Å²) in [6, 6.07) is 1.88. The lowest BCUT2D eigenvalue weighted by molar-refractivity contribution is -0.143. The fourth-order valence-electron chi connectivity index (χ4n) is 1.36.